The molecule has 0 radical (unpaired) electrons. The van der Waals surface area contributed by atoms with Gasteiger partial charge >= 0.3 is 0 Å². The van der Waals surface area contributed by atoms with Crippen molar-refractivity contribution in [1.29, 1.82) is 0 Å². The third-order valence-electron chi connectivity index (χ3n) is 9.07. The molecule has 0 N–H and O–H groups in total. The van der Waals surface area contributed by atoms with Crippen LogP contribution in [0.5, 0.6) is 11.5 Å². The summed E-state index contributed by atoms with van der Waals surface area (Å²) in [5, 5.41) is 6.98. The molecule has 0 saturated carbocycles. The second-order valence-corrected chi connectivity index (χ2v) is 13.8. The summed E-state index contributed by atoms with van der Waals surface area (Å²) in [6, 6.07) is 48.1. The fraction of sp³-hybridized carbons (Fsp3) is 0. The average molecular weight is 571 g/mol. The minimum atomic E-state index is -3.37. The first-order valence-corrected chi connectivity index (χ1v) is 16.2. The SMILES string of the molecule is O=P12c3c4cccc3N(c3ccccc3)c3cc5c(ccc6ccccc65)c(c31)N(c1ccccc1)c1cccc(c12)O4. The predicted molar refractivity (Wildman–Crippen MR) is 177 cm³/mol. The van der Waals surface area contributed by atoms with Crippen LogP contribution in [0.1, 0.15) is 0 Å². The van der Waals surface area contributed by atoms with Crippen LogP contribution in [0.25, 0.3) is 21.5 Å². The standard InChI is InChI=1S/C38H23N2O2P/c41-43-36-30-17-9-19-33(36)42-34-20-10-18-31(37(34)43)40(26-14-5-2-6-15-26)35-28-22-21-24-11-7-8-16-27(24)29(28)23-32(38(35)43)39(30)25-12-3-1-4-13-25/h1-23H. The molecular weight excluding hydrogens is 547 g/mol. The first-order valence-electron chi connectivity index (χ1n) is 14.5. The van der Waals surface area contributed by atoms with Crippen molar-refractivity contribution >= 4 is 78.7 Å². The maximum absolute atomic E-state index is 16.3. The normalized spacial score (nSPS) is 17.1. The van der Waals surface area contributed by atoms with Gasteiger partial charge in [-0.25, -0.2) is 0 Å². The van der Waals surface area contributed by atoms with Gasteiger partial charge < -0.3 is 19.1 Å². The van der Waals surface area contributed by atoms with Crippen molar-refractivity contribution in [3.05, 3.63) is 140 Å². The van der Waals surface area contributed by atoms with E-state index in [0.29, 0.717) is 11.5 Å². The van der Waals surface area contributed by atoms with Gasteiger partial charge in [0.25, 0.3) is 0 Å². The Morgan fingerprint density at radius 3 is 1.77 bits per heavy atom. The molecule has 3 aliphatic heterocycles. The second kappa shape index (κ2) is 8.16. The molecule has 0 bridgehead atoms. The fourth-order valence-corrected chi connectivity index (χ4v) is 10.9. The van der Waals surface area contributed by atoms with E-state index in [2.05, 4.69) is 113 Å². The lowest BCUT2D eigenvalue weighted by Gasteiger charge is -2.47. The molecule has 1 atom stereocenters. The maximum Gasteiger partial charge on any atom is 0.186 e. The first-order chi connectivity index (χ1) is 21.2. The molecule has 7 aromatic carbocycles. The number of benzene rings is 7. The number of anilines is 6. The quantitative estimate of drug-likeness (QED) is 0.153. The third-order valence-corrected chi connectivity index (χ3v) is 12.3. The Kier molecular flexibility index (Phi) is 4.42. The van der Waals surface area contributed by atoms with Gasteiger partial charge in [-0.05, 0) is 70.8 Å². The number of fused-ring (bicyclic) bond motifs is 4. The molecule has 202 valence electrons. The van der Waals surface area contributed by atoms with Gasteiger partial charge in [0.1, 0.15) is 11.5 Å². The van der Waals surface area contributed by atoms with E-state index >= 15 is 4.57 Å². The lowest BCUT2D eigenvalue weighted by Crippen LogP contribution is -2.45. The summed E-state index contributed by atoms with van der Waals surface area (Å²) in [4.78, 5) is 4.58. The molecule has 4 nitrogen and oxygen atoms in total. The minimum absolute atomic E-state index is 0.662. The Morgan fingerprint density at radius 2 is 1.07 bits per heavy atom. The molecule has 5 heteroatoms. The summed E-state index contributed by atoms with van der Waals surface area (Å²) in [5.41, 5.74) is 5.75. The fourth-order valence-electron chi connectivity index (χ4n) is 7.40. The molecule has 3 heterocycles. The number of ether oxygens (including phenoxy) is 1. The summed E-state index contributed by atoms with van der Waals surface area (Å²) >= 11 is 0. The molecule has 0 aromatic heterocycles. The van der Waals surface area contributed by atoms with E-state index in [4.69, 9.17) is 4.74 Å². The number of hydrogen-bond donors (Lipinski definition) is 0. The molecule has 0 amide bonds. The van der Waals surface area contributed by atoms with Crippen molar-refractivity contribution in [2.75, 3.05) is 9.80 Å². The molecule has 0 saturated heterocycles. The van der Waals surface area contributed by atoms with Gasteiger partial charge in [0, 0.05) is 16.8 Å². The highest BCUT2D eigenvalue weighted by atomic mass is 31.2. The zero-order valence-corrected chi connectivity index (χ0v) is 23.8. The molecule has 1 unspecified atom stereocenters. The van der Waals surface area contributed by atoms with E-state index in [1.807, 2.05) is 36.4 Å². The van der Waals surface area contributed by atoms with E-state index in [-0.39, 0.29) is 0 Å². The van der Waals surface area contributed by atoms with Crippen LogP contribution in [0, 0.1) is 0 Å². The maximum atomic E-state index is 16.3. The van der Waals surface area contributed by atoms with Crippen molar-refractivity contribution in [3.8, 4) is 11.5 Å². The van der Waals surface area contributed by atoms with Crippen LogP contribution in [-0.2, 0) is 4.57 Å². The lowest BCUT2D eigenvalue weighted by molar-refractivity contribution is 0.485. The summed E-state index contributed by atoms with van der Waals surface area (Å²) < 4.78 is 22.9. The zero-order chi connectivity index (χ0) is 28.3. The van der Waals surface area contributed by atoms with Crippen molar-refractivity contribution in [3.63, 3.8) is 0 Å². The van der Waals surface area contributed by atoms with Gasteiger partial charge in [0.05, 0.1) is 38.7 Å². The van der Waals surface area contributed by atoms with Gasteiger partial charge in [-0.3, -0.25) is 0 Å². The molecule has 3 aliphatic rings. The molecule has 0 fully saturated rings. The van der Waals surface area contributed by atoms with Crippen molar-refractivity contribution in [2.24, 2.45) is 0 Å². The Balaban J connectivity index is 1.48. The second-order valence-electron chi connectivity index (χ2n) is 11.3. The van der Waals surface area contributed by atoms with E-state index in [9.17, 15) is 0 Å². The topological polar surface area (TPSA) is 32.8 Å². The van der Waals surface area contributed by atoms with Crippen LogP contribution in [0.3, 0.4) is 0 Å². The molecule has 7 aromatic rings. The molecule has 0 spiro atoms. The van der Waals surface area contributed by atoms with Crippen LogP contribution in [0.4, 0.5) is 34.1 Å². The summed E-state index contributed by atoms with van der Waals surface area (Å²) in [6.45, 7) is 0. The van der Waals surface area contributed by atoms with Gasteiger partial charge in [0.2, 0.25) is 0 Å². The molecule has 0 aliphatic carbocycles. The van der Waals surface area contributed by atoms with E-state index in [1.54, 1.807) is 0 Å². The Hall–Kier alpha value is -5.31. The van der Waals surface area contributed by atoms with Gasteiger partial charge in [0.15, 0.2) is 7.14 Å². The van der Waals surface area contributed by atoms with Crippen molar-refractivity contribution in [2.45, 2.75) is 0 Å². The highest BCUT2D eigenvalue weighted by Gasteiger charge is 2.54. The molecule has 43 heavy (non-hydrogen) atoms. The number of rotatable bonds is 2. The predicted octanol–water partition coefficient (Wildman–Crippen LogP) is 9.30. The van der Waals surface area contributed by atoms with E-state index in [1.165, 1.54) is 10.8 Å². The van der Waals surface area contributed by atoms with Crippen molar-refractivity contribution < 1.29 is 9.30 Å². The number of hydrogen-bond acceptors (Lipinski definition) is 4. The lowest BCUT2D eigenvalue weighted by atomic mass is 9.97. The number of para-hydroxylation sites is 2. The highest BCUT2D eigenvalue weighted by Crippen LogP contribution is 2.66. The summed E-state index contributed by atoms with van der Waals surface area (Å²) in [5.74, 6) is 1.32. The summed E-state index contributed by atoms with van der Waals surface area (Å²) in [7, 11) is -3.37. The van der Waals surface area contributed by atoms with Crippen LogP contribution in [0.15, 0.2) is 140 Å². The van der Waals surface area contributed by atoms with Gasteiger partial charge in [-0.1, -0.05) is 84.9 Å². The van der Waals surface area contributed by atoms with Crippen LogP contribution >= 0.6 is 7.14 Å². The third kappa shape index (κ3) is 2.84. The summed E-state index contributed by atoms with van der Waals surface area (Å²) in [6.07, 6.45) is 0. The Bertz CT molecular complexity index is 2350. The Labute approximate surface area is 248 Å². The van der Waals surface area contributed by atoms with E-state index in [0.717, 1.165) is 60.8 Å². The largest absolute Gasteiger partial charge is 0.456 e. The van der Waals surface area contributed by atoms with Crippen LogP contribution in [-0.4, -0.2) is 0 Å². The van der Waals surface area contributed by atoms with Crippen LogP contribution < -0.4 is 30.5 Å². The molecular formula is C38H23N2O2P. The molecule has 10 rings (SSSR count). The van der Waals surface area contributed by atoms with Gasteiger partial charge in [-0.2, -0.15) is 0 Å². The monoisotopic (exact) mass is 570 g/mol. The van der Waals surface area contributed by atoms with Crippen LogP contribution in [0.2, 0.25) is 0 Å². The highest BCUT2D eigenvalue weighted by molar-refractivity contribution is 7.87. The van der Waals surface area contributed by atoms with E-state index < -0.39 is 7.14 Å². The smallest absolute Gasteiger partial charge is 0.186 e. The number of nitrogens with zero attached hydrogens (tertiary/aromatic N) is 2. The zero-order valence-electron chi connectivity index (χ0n) is 22.9. The first kappa shape index (κ1) is 23.3. The van der Waals surface area contributed by atoms with Gasteiger partial charge in [-0.15, -0.1) is 0 Å². The Morgan fingerprint density at radius 1 is 0.465 bits per heavy atom. The van der Waals surface area contributed by atoms with Crippen molar-refractivity contribution in [1.82, 2.24) is 0 Å². The average Bonchev–Trinajstić information content (AvgIpc) is 3.05. The minimum Gasteiger partial charge on any atom is -0.456 e.